The molecule has 0 radical (unpaired) electrons. The lowest BCUT2D eigenvalue weighted by atomic mass is 10.2. The average molecular weight is 264 g/mol. The largest absolute Gasteiger partial charge is 0.340 e. The van der Waals surface area contributed by atoms with Crippen LogP contribution in [0, 0.1) is 0 Å². The molecule has 1 fully saturated rings. The van der Waals surface area contributed by atoms with Crippen LogP contribution in [0.1, 0.15) is 5.56 Å². The summed E-state index contributed by atoms with van der Waals surface area (Å²) in [6, 6.07) is 9.83. The number of carbonyl (C=O) groups excluding carboxylic acids is 2. The number of carbonyl (C=O) groups is 2. The third-order valence-corrected chi connectivity index (χ3v) is 3.79. The standard InChI is InChI=1S/C13H16N2O2S/c1-14(7-11-5-3-2-4-6-11)12(16)8-15-10-18-9-13(15)17/h2-6H,7-10H2,1H3. The van der Waals surface area contributed by atoms with E-state index in [0.29, 0.717) is 18.2 Å². The van der Waals surface area contributed by atoms with Crippen LogP contribution in [0.25, 0.3) is 0 Å². The molecule has 0 bridgehead atoms. The minimum atomic E-state index is -0.0188. The number of hydrogen-bond acceptors (Lipinski definition) is 3. The number of nitrogens with zero attached hydrogens (tertiary/aromatic N) is 2. The second-order valence-corrected chi connectivity index (χ2v) is 5.26. The Hall–Kier alpha value is -1.49. The molecule has 0 saturated carbocycles. The van der Waals surface area contributed by atoms with Gasteiger partial charge in [0.25, 0.3) is 0 Å². The van der Waals surface area contributed by atoms with E-state index in [-0.39, 0.29) is 18.4 Å². The van der Waals surface area contributed by atoms with Crippen molar-refractivity contribution in [2.45, 2.75) is 6.54 Å². The van der Waals surface area contributed by atoms with Gasteiger partial charge in [-0.1, -0.05) is 30.3 Å². The Labute approximate surface area is 111 Å². The van der Waals surface area contributed by atoms with Gasteiger partial charge in [0, 0.05) is 13.6 Å². The molecular weight excluding hydrogens is 248 g/mol. The first-order valence-corrected chi connectivity index (χ1v) is 6.95. The van der Waals surface area contributed by atoms with Crippen molar-refractivity contribution in [3.8, 4) is 0 Å². The molecule has 0 unspecified atom stereocenters. The van der Waals surface area contributed by atoms with Crippen molar-refractivity contribution in [3.63, 3.8) is 0 Å². The minimum Gasteiger partial charge on any atom is -0.340 e. The molecule has 2 rings (SSSR count). The van der Waals surface area contributed by atoms with Crippen molar-refractivity contribution in [2.75, 3.05) is 25.2 Å². The Morgan fingerprint density at radius 1 is 1.39 bits per heavy atom. The number of hydrogen-bond donors (Lipinski definition) is 0. The summed E-state index contributed by atoms with van der Waals surface area (Å²) in [4.78, 5) is 26.7. The van der Waals surface area contributed by atoms with Crippen molar-refractivity contribution in [3.05, 3.63) is 35.9 Å². The summed E-state index contributed by atoms with van der Waals surface area (Å²) in [6.07, 6.45) is 0. The average Bonchev–Trinajstić information content (AvgIpc) is 2.76. The van der Waals surface area contributed by atoms with Crippen molar-refractivity contribution >= 4 is 23.6 Å². The topological polar surface area (TPSA) is 40.6 Å². The van der Waals surface area contributed by atoms with Crippen LogP contribution in [-0.2, 0) is 16.1 Å². The molecule has 4 nitrogen and oxygen atoms in total. The Bertz CT molecular complexity index is 436. The highest BCUT2D eigenvalue weighted by atomic mass is 32.2. The van der Waals surface area contributed by atoms with Gasteiger partial charge in [-0.05, 0) is 5.56 Å². The highest BCUT2D eigenvalue weighted by Gasteiger charge is 2.24. The van der Waals surface area contributed by atoms with E-state index in [9.17, 15) is 9.59 Å². The van der Waals surface area contributed by atoms with Crippen molar-refractivity contribution in [2.24, 2.45) is 0 Å². The van der Waals surface area contributed by atoms with E-state index >= 15 is 0 Å². The van der Waals surface area contributed by atoms with Gasteiger partial charge in [0.05, 0.1) is 11.6 Å². The van der Waals surface area contributed by atoms with Crippen LogP contribution < -0.4 is 0 Å². The number of amides is 2. The molecule has 1 aliphatic rings. The molecule has 1 heterocycles. The van der Waals surface area contributed by atoms with Gasteiger partial charge >= 0.3 is 0 Å². The second kappa shape index (κ2) is 5.91. The number of thioether (sulfide) groups is 1. The zero-order chi connectivity index (χ0) is 13.0. The maximum absolute atomic E-state index is 12.0. The highest BCUT2D eigenvalue weighted by Crippen LogP contribution is 2.14. The Kier molecular flexibility index (Phi) is 4.25. The Morgan fingerprint density at radius 3 is 2.72 bits per heavy atom. The number of benzene rings is 1. The van der Waals surface area contributed by atoms with Crippen LogP contribution in [0.3, 0.4) is 0 Å². The van der Waals surface area contributed by atoms with E-state index < -0.39 is 0 Å². The maximum atomic E-state index is 12.0. The smallest absolute Gasteiger partial charge is 0.242 e. The Balaban J connectivity index is 1.87. The number of likely N-dealkylation sites (N-methyl/N-ethyl adjacent to an activating group) is 1. The zero-order valence-electron chi connectivity index (χ0n) is 10.3. The molecule has 2 amide bonds. The van der Waals surface area contributed by atoms with Gasteiger partial charge < -0.3 is 9.80 Å². The first kappa shape index (κ1) is 13.0. The van der Waals surface area contributed by atoms with E-state index in [2.05, 4.69) is 0 Å². The fourth-order valence-corrected chi connectivity index (χ4v) is 2.67. The fraction of sp³-hybridized carbons (Fsp3) is 0.385. The van der Waals surface area contributed by atoms with Crippen LogP contribution in [0.5, 0.6) is 0 Å². The number of rotatable bonds is 4. The molecule has 1 aromatic rings. The fourth-order valence-electron chi connectivity index (χ4n) is 1.77. The third kappa shape index (κ3) is 3.26. The summed E-state index contributed by atoms with van der Waals surface area (Å²) in [5, 5.41) is 0. The summed E-state index contributed by atoms with van der Waals surface area (Å²) in [7, 11) is 1.77. The highest BCUT2D eigenvalue weighted by molar-refractivity contribution is 8.00. The molecule has 1 aliphatic heterocycles. The van der Waals surface area contributed by atoms with Crippen molar-refractivity contribution in [1.29, 1.82) is 0 Å². The molecule has 0 aromatic heterocycles. The quantitative estimate of drug-likeness (QED) is 0.820. The molecule has 0 atom stereocenters. The third-order valence-electron chi connectivity index (χ3n) is 2.84. The molecule has 0 spiro atoms. The lowest BCUT2D eigenvalue weighted by Crippen LogP contribution is -2.38. The second-order valence-electron chi connectivity index (χ2n) is 4.30. The summed E-state index contributed by atoms with van der Waals surface area (Å²) in [5.74, 6) is 1.16. The molecule has 18 heavy (non-hydrogen) atoms. The predicted octanol–water partition coefficient (Wildman–Crippen LogP) is 1.18. The van der Waals surface area contributed by atoms with Gasteiger partial charge in [0.2, 0.25) is 11.8 Å². The van der Waals surface area contributed by atoms with Gasteiger partial charge in [-0.25, -0.2) is 0 Å². The SMILES string of the molecule is CN(Cc1ccccc1)C(=O)CN1CSCC1=O. The zero-order valence-corrected chi connectivity index (χ0v) is 11.2. The molecule has 1 aromatic carbocycles. The summed E-state index contributed by atoms with van der Waals surface area (Å²) < 4.78 is 0. The molecule has 5 heteroatoms. The van der Waals surface area contributed by atoms with E-state index in [1.807, 2.05) is 30.3 Å². The maximum Gasteiger partial charge on any atom is 0.242 e. The van der Waals surface area contributed by atoms with Crippen LogP contribution in [0.2, 0.25) is 0 Å². The first-order valence-electron chi connectivity index (χ1n) is 5.80. The predicted molar refractivity (Wildman–Crippen MR) is 72.0 cm³/mol. The van der Waals surface area contributed by atoms with Gasteiger partial charge in [0.1, 0.15) is 6.54 Å². The van der Waals surface area contributed by atoms with Crippen LogP contribution in [0.4, 0.5) is 0 Å². The van der Waals surface area contributed by atoms with E-state index in [1.54, 1.807) is 28.6 Å². The van der Waals surface area contributed by atoms with Crippen LogP contribution in [0.15, 0.2) is 30.3 Å². The summed E-state index contributed by atoms with van der Waals surface area (Å²) >= 11 is 1.55. The summed E-state index contributed by atoms with van der Waals surface area (Å²) in [5.41, 5.74) is 1.09. The Morgan fingerprint density at radius 2 is 2.11 bits per heavy atom. The van der Waals surface area contributed by atoms with Crippen molar-refractivity contribution < 1.29 is 9.59 Å². The first-order chi connectivity index (χ1) is 8.66. The van der Waals surface area contributed by atoms with E-state index in [0.717, 1.165) is 5.56 Å². The molecule has 1 saturated heterocycles. The lowest BCUT2D eigenvalue weighted by molar-refractivity contribution is -0.137. The van der Waals surface area contributed by atoms with E-state index in [4.69, 9.17) is 0 Å². The van der Waals surface area contributed by atoms with Gasteiger partial charge in [0.15, 0.2) is 0 Å². The molecule has 96 valence electrons. The molecule has 0 N–H and O–H groups in total. The van der Waals surface area contributed by atoms with Crippen molar-refractivity contribution in [1.82, 2.24) is 9.80 Å². The van der Waals surface area contributed by atoms with Crippen LogP contribution in [-0.4, -0.2) is 46.8 Å². The monoisotopic (exact) mass is 264 g/mol. The van der Waals surface area contributed by atoms with Gasteiger partial charge in [-0.2, -0.15) is 0 Å². The molecule has 0 aliphatic carbocycles. The molecular formula is C13H16N2O2S. The van der Waals surface area contributed by atoms with E-state index in [1.165, 1.54) is 0 Å². The van der Waals surface area contributed by atoms with Crippen LogP contribution >= 0.6 is 11.8 Å². The summed E-state index contributed by atoms with van der Waals surface area (Å²) in [6.45, 7) is 0.768. The minimum absolute atomic E-state index is 0.0188. The normalized spacial score (nSPS) is 14.9. The van der Waals surface area contributed by atoms with Gasteiger partial charge in [-0.15, -0.1) is 11.8 Å². The van der Waals surface area contributed by atoms with Gasteiger partial charge in [-0.3, -0.25) is 9.59 Å². The lowest BCUT2D eigenvalue weighted by Gasteiger charge is -2.21.